The molecular formula is C16H22Cl2N2O3S. The summed E-state index contributed by atoms with van der Waals surface area (Å²) >= 11 is 6.29. The summed E-state index contributed by atoms with van der Waals surface area (Å²) in [6, 6.07) is 7.47. The summed E-state index contributed by atoms with van der Waals surface area (Å²) in [5.41, 5.74) is 0.939. The molecule has 3 rings (SSSR count). The normalized spacial score (nSPS) is 26.0. The Morgan fingerprint density at radius 2 is 2.08 bits per heavy atom. The second-order valence-electron chi connectivity index (χ2n) is 6.30. The quantitative estimate of drug-likeness (QED) is 0.854. The molecule has 134 valence electrons. The van der Waals surface area contributed by atoms with Crippen LogP contribution in [0.2, 0.25) is 5.02 Å². The Hall–Kier alpha value is -0.820. The third-order valence-electron chi connectivity index (χ3n) is 4.62. The molecule has 1 amide bonds. The van der Waals surface area contributed by atoms with Crippen LogP contribution in [0.3, 0.4) is 0 Å². The van der Waals surface area contributed by atoms with E-state index in [0.29, 0.717) is 31.0 Å². The predicted octanol–water partition coefficient (Wildman–Crippen LogP) is 2.06. The van der Waals surface area contributed by atoms with Crippen molar-refractivity contribution in [3.8, 4) is 0 Å². The van der Waals surface area contributed by atoms with Crippen molar-refractivity contribution in [3.05, 3.63) is 34.9 Å². The van der Waals surface area contributed by atoms with E-state index in [0.717, 1.165) is 12.1 Å². The highest BCUT2D eigenvalue weighted by Gasteiger charge is 2.34. The van der Waals surface area contributed by atoms with E-state index in [1.165, 1.54) is 0 Å². The van der Waals surface area contributed by atoms with Crippen LogP contribution in [0.25, 0.3) is 0 Å². The first-order valence-electron chi connectivity index (χ1n) is 7.91. The van der Waals surface area contributed by atoms with Crippen molar-refractivity contribution in [3.63, 3.8) is 0 Å². The summed E-state index contributed by atoms with van der Waals surface area (Å²) in [5, 5.41) is 3.96. The van der Waals surface area contributed by atoms with Gasteiger partial charge in [0, 0.05) is 31.1 Å². The van der Waals surface area contributed by atoms with E-state index in [4.69, 9.17) is 11.6 Å². The van der Waals surface area contributed by atoms with Crippen LogP contribution < -0.4 is 5.32 Å². The van der Waals surface area contributed by atoms with Crippen molar-refractivity contribution in [1.29, 1.82) is 0 Å². The van der Waals surface area contributed by atoms with Crippen molar-refractivity contribution in [2.75, 3.05) is 31.1 Å². The number of rotatable bonds is 3. The molecular weight excluding hydrogens is 371 g/mol. The van der Waals surface area contributed by atoms with Gasteiger partial charge in [-0.25, -0.2) is 8.42 Å². The summed E-state index contributed by atoms with van der Waals surface area (Å²) in [6.07, 6.45) is 0.900. The highest BCUT2D eigenvalue weighted by Crippen LogP contribution is 2.30. The maximum absolute atomic E-state index is 12.7. The van der Waals surface area contributed by atoms with Gasteiger partial charge in [-0.2, -0.15) is 0 Å². The average Bonchev–Trinajstić information content (AvgIpc) is 2.86. The van der Waals surface area contributed by atoms with Crippen molar-refractivity contribution in [1.82, 2.24) is 10.2 Å². The van der Waals surface area contributed by atoms with Crippen LogP contribution >= 0.6 is 24.0 Å². The van der Waals surface area contributed by atoms with Gasteiger partial charge in [0.05, 0.1) is 17.5 Å². The SMILES string of the molecule is Cl.O=C(CC1CCS(=O)(=O)C1)N1CCNCC1c1ccccc1Cl. The van der Waals surface area contributed by atoms with E-state index < -0.39 is 9.84 Å². The lowest BCUT2D eigenvalue weighted by atomic mass is 9.99. The fourth-order valence-corrected chi connectivity index (χ4v) is 5.55. The Morgan fingerprint density at radius 1 is 1.33 bits per heavy atom. The number of halogens is 2. The first kappa shape index (κ1) is 19.5. The maximum Gasteiger partial charge on any atom is 0.223 e. The highest BCUT2D eigenvalue weighted by molar-refractivity contribution is 7.91. The van der Waals surface area contributed by atoms with Crippen LogP contribution in [0.15, 0.2) is 24.3 Å². The Bertz CT molecular complexity index is 696. The summed E-state index contributed by atoms with van der Waals surface area (Å²) in [4.78, 5) is 14.6. The van der Waals surface area contributed by atoms with Gasteiger partial charge in [0.1, 0.15) is 0 Å². The summed E-state index contributed by atoms with van der Waals surface area (Å²) in [6.45, 7) is 2.03. The van der Waals surface area contributed by atoms with Gasteiger partial charge in [0.25, 0.3) is 0 Å². The minimum atomic E-state index is -2.95. The Kier molecular flexibility index (Phi) is 6.53. The molecule has 2 saturated heterocycles. The fraction of sp³-hybridized carbons (Fsp3) is 0.562. The largest absolute Gasteiger partial charge is 0.333 e. The van der Waals surface area contributed by atoms with Crippen LogP contribution in [0.4, 0.5) is 0 Å². The average molecular weight is 393 g/mol. The van der Waals surface area contributed by atoms with Gasteiger partial charge < -0.3 is 10.2 Å². The lowest BCUT2D eigenvalue weighted by Crippen LogP contribution is -2.49. The van der Waals surface area contributed by atoms with Crippen molar-refractivity contribution in [2.45, 2.75) is 18.9 Å². The van der Waals surface area contributed by atoms with Crippen LogP contribution in [0.5, 0.6) is 0 Å². The van der Waals surface area contributed by atoms with E-state index in [9.17, 15) is 13.2 Å². The summed E-state index contributed by atoms with van der Waals surface area (Å²) < 4.78 is 23.2. The molecule has 2 aliphatic heterocycles. The smallest absolute Gasteiger partial charge is 0.223 e. The van der Waals surface area contributed by atoms with E-state index in [1.807, 2.05) is 29.2 Å². The fourth-order valence-electron chi connectivity index (χ4n) is 3.42. The molecule has 1 N–H and O–H groups in total. The van der Waals surface area contributed by atoms with Crippen molar-refractivity contribution in [2.24, 2.45) is 5.92 Å². The molecule has 0 aliphatic carbocycles. The van der Waals surface area contributed by atoms with E-state index in [1.54, 1.807) is 0 Å². The number of carbonyl (C=O) groups is 1. The zero-order valence-electron chi connectivity index (χ0n) is 13.3. The van der Waals surface area contributed by atoms with Gasteiger partial charge in [-0.1, -0.05) is 29.8 Å². The van der Waals surface area contributed by atoms with Gasteiger partial charge >= 0.3 is 0 Å². The Balaban J connectivity index is 0.00000208. The number of piperazine rings is 1. The van der Waals surface area contributed by atoms with Crippen molar-refractivity contribution >= 4 is 39.8 Å². The molecule has 1 aromatic carbocycles. The number of amides is 1. The molecule has 2 aliphatic rings. The van der Waals surface area contributed by atoms with Gasteiger partial charge in [-0.05, 0) is 24.0 Å². The lowest BCUT2D eigenvalue weighted by molar-refractivity contribution is -0.135. The number of hydrogen-bond acceptors (Lipinski definition) is 4. The number of nitrogens with zero attached hydrogens (tertiary/aromatic N) is 1. The number of sulfone groups is 1. The molecule has 24 heavy (non-hydrogen) atoms. The third kappa shape index (κ3) is 4.42. The highest BCUT2D eigenvalue weighted by atomic mass is 35.5. The topological polar surface area (TPSA) is 66.5 Å². The first-order chi connectivity index (χ1) is 11.0. The van der Waals surface area contributed by atoms with Gasteiger partial charge in [0.2, 0.25) is 5.91 Å². The lowest BCUT2D eigenvalue weighted by Gasteiger charge is -2.37. The molecule has 1 aromatic rings. The second kappa shape index (κ2) is 8.04. The van der Waals surface area contributed by atoms with Crippen LogP contribution in [0, 0.1) is 5.92 Å². The molecule has 2 atom stereocenters. The molecule has 0 saturated carbocycles. The van der Waals surface area contributed by atoms with Crippen LogP contribution in [-0.2, 0) is 14.6 Å². The monoisotopic (exact) mass is 392 g/mol. The number of hydrogen-bond donors (Lipinski definition) is 1. The molecule has 0 aromatic heterocycles. The van der Waals surface area contributed by atoms with Gasteiger partial charge in [0.15, 0.2) is 9.84 Å². The van der Waals surface area contributed by atoms with Crippen molar-refractivity contribution < 1.29 is 13.2 Å². The van der Waals surface area contributed by atoms with E-state index >= 15 is 0 Å². The Labute approximate surface area is 154 Å². The molecule has 0 radical (unpaired) electrons. The van der Waals surface area contributed by atoms with E-state index in [2.05, 4.69) is 5.32 Å². The molecule has 0 spiro atoms. The number of nitrogens with one attached hydrogen (secondary N) is 1. The van der Waals surface area contributed by atoms with Crippen LogP contribution in [-0.4, -0.2) is 50.4 Å². The third-order valence-corrected chi connectivity index (χ3v) is 6.80. The maximum atomic E-state index is 12.7. The zero-order chi connectivity index (χ0) is 16.4. The molecule has 2 unspecified atom stereocenters. The summed E-state index contributed by atoms with van der Waals surface area (Å²) in [7, 11) is -2.95. The summed E-state index contributed by atoms with van der Waals surface area (Å²) in [5.74, 6) is 0.329. The van der Waals surface area contributed by atoms with Gasteiger partial charge in [-0.15, -0.1) is 12.4 Å². The van der Waals surface area contributed by atoms with Crippen LogP contribution in [0.1, 0.15) is 24.4 Å². The molecule has 2 heterocycles. The second-order valence-corrected chi connectivity index (χ2v) is 8.94. The van der Waals surface area contributed by atoms with Gasteiger partial charge in [-0.3, -0.25) is 4.79 Å². The number of benzene rings is 1. The first-order valence-corrected chi connectivity index (χ1v) is 10.1. The molecule has 8 heteroatoms. The predicted molar refractivity (Wildman–Crippen MR) is 97.4 cm³/mol. The standard InChI is InChI=1S/C16H21ClN2O3S.ClH/c17-14-4-2-1-3-13(14)15-10-18-6-7-19(15)16(20)9-12-5-8-23(21,22)11-12;/h1-4,12,15,18H,5-11H2;1H. The Morgan fingerprint density at radius 3 is 2.75 bits per heavy atom. The molecule has 0 bridgehead atoms. The minimum absolute atomic E-state index is 0. The molecule has 5 nitrogen and oxygen atoms in total. The zero-order valence-corrected chi connectivity index (χ0v) is 15.7. The number of carbonyl (C=O) groups excluding carboxylic acids is 1. The molecule has 2 fully saturated rings. The van der Waals surface area contributed by atoms with E-state index in [-0.39, 0.29) is 41.8 Å². The minimum Gasteiger partial charge on any atom is -0.333 e.